The fourth-order valence-corrected chi connectivity index (χ4v) is 5.94. The molecule has 0 saturated carbocycles. The number of piperazine rings is 1. The van der Waals surface area contributed by atoms with Crippen LogP contribution in [-0.4, -0.2) is 49.6 Å². The maximum atomic E-state index is 13.8. The number of benzene rings is 1. The number of halogens is 4. The second kappa shape index (κ2) is 10.6. The molecule has 0 N–H and O–H groups in total. The van der Waals surface area contributed by atoms with E-state index in [1.165, 1.54) is 28.1 Å². The highest BCUT2D eigenvalue weighted by atomic mass is 32.1. The van der Waals surface area contributed by atoms with Gasteiger partial charge in [0.1, 0.15) is 23.1 Å². The average Bonchev–Trinajstić information content (AvgIpc) is 3.42. The van der Waals surface area contributed by atoms with E-state index in [0.29, 0.717) is 53.3 Å². The largest absolute Gasteiger partial charge is 0.443 e. The van der Waals surface area contributed by atoms with Gasteiger partial charge in [-0.2, -0.15) is 23.4 Å². The number of aromatic nitrogens is 4. The lowest BCUT2D eigenvalue weighted by molar-refractivity contribution is -0.137. The summed E-state index contributed by atoms with van der Waals surface area (Å²) in [6, 6.07) is 9.84. The number of nitriles is 1. The van der Waals surface area contributed by atoms with Gasteiger partial charge in [-0.3, -0.25) is 9.47 Å². The van der Waals surface area contributed by atoms with E-state index in [0.717, 1.165) is 0 Å². The zero-order valence-corrected chi connectivity index (χ0v) is 22.7. The SMILES string of the molecule is CC[C@@H]1CN(c2nc(=O)n(C)c3ccc(C#N)nc23)[C@@H](C)CN1C(c1ccc(F)cc1)c1csc(C(F)(F)F)n1. The first-order valence-electron chi connectivity index (χ1n) is 12.6. The normalized spacial score (nSPS) is 19.1. The molecule has 3 aromatic heterocycles. The molecule has 1 saturated heterocycles. The van der Waals surface area contributed by atoms with Gasteiger partial charge in [0.2, 0.25) is 0 Å². The van der Waals surface area contributed by atoms with Crippen LogP contribution >= 0.6 is 11.3 Å². The first kappa shape index (κ1) is 27.7. The Bertz CT molecular complexity index is 1640. The van der Waals surface area contributed by atoms with Gasteiger partial charge in [0.25, 0.3) is 0 Å². The zero-order valence-electron chi connectivity index (χ0n) is 21.9. The topological polar surface area (TPSA) is 90.9 Å². The maximum absolute atomic E-state index is 13.8. The molecule has 1 unspecified atom stereocenters. The van der Waals surface area contributed by atoms with Gasteiger partial charge in [-0.15, -0.1) is 11.3 Å². The van der Waals surface area contributed by atoms with Gasteiger partial charge in [0.05, 0.1) is 17.3 Å². The second-order valence-electron chi connectivity index (χ2n) is 9.74. The molecule has 0 radical (unpaired) electrons. The molecule has 3 atom stereocenters. The lowest BCUT2D eigenvalue weighted by Crippen LogP contribution is -2.58. The van der Waals surface area contributed by atoms with Gasteiger partial charge in [-0.1, -0.05) is 19.1 Å². The summed E-state index contributed by atoms with van der Waals surface area (Å²) in [5.74, 6) is -0.0954. The molecule has 1 aliphatic heterocycles. The molecule has 4 aromatic rings. The molecule has 0 aliphatic carbocycles. The standard InChI is InChI=1S/C27H25F4N7OS/c1-4-19-13-37(24-22-21(36(3)26(39)35-24)10-9-18(11-32)33-22)15(2)12-38(19)23(16-5-7-17(28)8-6-16)20-14-40-25(34-20)27(29,30)31/h5-10,14-15,19,23H,4,12-13H2,1-3H3/t15-,19+,23?/m0/s1. The smallest absolute Gasteiger partial charge is 0.349 e. The van der Waals surface area contributed by atoms with Crippen molar-refractivity contribution >= 4 is 28.2 Å². The third-order valence-corrected chi connectivity index (χ3v) is 8.14. The molecule has 1 aliphatic rings. The van der Waals surface area contributed by atoms with Gasteiger partial charge in [-0.25, -0.2) is 19.2 Å². The van der Waals surface area contributed by atoms with E-state index in [4.69, 9.17) is 0 Å². The average molecular weight is 572 g/mol. The second-order valence-corrected chi connectivity index (χ2v) is 10.6. The highest BCUT2D eigenvalue weighted by Crippen LogP contribution is 2.39. The molecule has 0 bridgehead atoms. The van der Waals surface area contributed by atoms with Crippen LogP contribution in [0.1, 0.15) is 48.3 Å². The minimum absolute atomic E-state index is 0.188. The van der Waals surface area contributed by atoms with E-state index in [1.54, 1.807) is 25.2 Å². The summed E-state index contributed by atoms with van der Waals surface area (Å²) in [5.41, 5.74) is 1.53. The molecular weight excluding hydrogens is 546 g/mol. The van der Waals surface area contributed by atoms with Crippen molar-refractivity contribution in [3.05, 3.63) is 80.0 Å². The lowest BCUT2D eigenvalue weighted by Gasteiger charge is -2.48. The third kappa shape index (κ3) is 5.04. The number of hydrogen-bond acceptors (Lipinski definition) is 8. The van der Waals surface area contributed by atoms with Crippen molar-refractivity contribution in [2.75, 3.05) is 18.0 Å². The summed E-state index contributed by atoms with van der Waals surface area (Å²) >= 11 is 0.533. The molecule has 8 nitrogen and oxygen atoms in total. The first-order valence-corrected chi connectivity index (χ1v) is 13.5. The van der Waals surface area contributed by atoms with Crippen molar-refractivity contribution in [2.24, 2.45) is 7.05 Å². The Kier molecular flexibility index (Phi) is 7.32. The molecule has 1 fully saturated rings. The number of anilines is 1. The fraction of sp³-hybridized carbons (Fsp3) is 0.370. The quantitative estimate of drug-likeness (QED) is 0.315. The Labute approximate surface area is 231 Å². The minimum Gasteiger partial charge on any atom is -0.349 e. The van der Waals surface area contributed by atoms with E-state index in [-0.39, 0.29) is 23.5 Å². The van der Waals surface area contributed by atoms with Gasteiger partial charge in [-0.05, 0) is 43.2 Å². The number of rotatable bonds is 5. The summed E-state index contributed by atoms with van der Waals surface area (Å²) in [6.45, 7) is 4.67. The summed E-state index contributed by atoms with van der Waals surface area (Å²) in [7, 11) is 1.59. The first-order chi connectivity index (χ1) is 19.0. The van der Waals surface area contributed by atoms with Crippen LogP contribution < -0.4 is 10.6 Å². The number of hydrogen-bond donors (Lipinski definition) is 0. The Hall–Kier alpha value is -3.89. The summed E-state index contributed by atoms with van der Waals surface area (Å²) in [4.78, 5) is 29.5. The summed E-state index contributed by atoms with van der Waals surface area (Å²) in [5, 5.41) is 9.88. The van der Waals surface area contributed by atoms with Crippen LogP contribution in [0.5, 0.6) is 0 Å². The van der Waals surface area contributed by atoms with Gasteiger partial charge >= 0.3 is 11.9 Å². The predicted molar refractivity (Wildman–Crippen MR) is 142 cm³/mol. The highest BCUT2D eigenvalue weighted by Gasteiger charge is 2.40. The van der Waals surface area contributed by atoms with Crippen molar-refractivity contribution in [2.45, 2.75) is 44.6 Å². The van der Waals surface area contributed by atoms with Crippen LogP contribution in [0.4, 0.5) is 23.4 Å². The molecule has 13 heteroatoms. The predicted octanol–water partition coefficient (Wildman–Crippen LogP) is 4.89. The lowest BCUT2D eigenvalue weighted by atomic mass is 9.96. The number of fused-ring (bicyclic) bond motifs is 1. The van der Waals surface area contributed by atoms with Crippen LogP contribution in [-0.2, 0) is 13.2 Å². The van der Waals surface area contributed by atoms with Crippen molar-refractivity contribution < 1.29 is 17.6 Å². The van der Waals surface area contributed by atoms with E-state index in [9.17, 15) is 27.6 Å². The van der Waals surface area contributed by atoms with Crippen LogP contribution in [0.25, 0.3) is 11.0 Å². The van der Waals surface area contributed by atoms with Crippen molar-refractivity contribution in [1.82, 2.24) is 24.4 Å². The molecule has 0 spiro atoms. The number of aryl methyl sites for hydroxylation is 1. The molecular formula is C27H25F4N7OS. The Morgan fingerprint density at radius 2 is 1.85 bits per heavy atom. The Morgan fingerprint density at radius 1 is 1.12 bits per heavy atom. The van der Waals surface area contributed by atoms with Crippen molar-refractivity contribution in [3.8, 4) is 6.07 Å². The van der Waals surface area contributed by atoms with Gasteiger partial charge in [0, 0.05) is 37.6 Å². The van der Waals surface area contributed by atoms with Crippen LogP contribution in [0.2, 0.25) is 0 Å². The number of thiazole rings is 1. The monoisotopic (exact) mass is 571 g/mol. The van der Waals surface area contributed by atoms with E-state index >= 15 is 0 Å². The molecule has 0 amide bonds. The summed E-state index contributed by atoms with van der Waals surface area (Å²) < 4.78 is 55.6. The van der Waals surface area contributed by atoms with Crippen LogP contribution in [0.3, 0.4) is 0 Å². The summed E-state index contributed by atoms with van der Waals surface area (Å²) in [6.07, 6.45) is -3.95. The van der Waals surface area contributed by atoms with Crippen molar-refractivity contribution in [1.29, 1.82) is 5.26 Å². The van der Waals surface area contributed by atoms with Gasteiger partial charge < -0.3 is 4.90 Å². The number of pyridine rings is 1. The number of nitrogens with zero attached hydrogens (tertiary/aromatic N) is 7. The Morgan fingerprint density at radius 3 is 2.48 bits per heavy atom. The minimum atomic E-state index is -4.58. The van der Waals surface area contributed by atoms with Crippen LogP contribution in [0, 0.1) is 17.1 Å². The zero-order chi connectivity index (χ0) is 28.8. The van der Waals surface area contributed by atoms with E-state index in [1.807, 2.05) is 24.8 Å². The van der Waals surface area contributed by atoms with Crippen molar-refractivity contribution in [3.63, 3.8) is 0 Å². The molecule has 208 valence electrons. The molecule has 4 heterocycles. The Balaban J connectivity index is 1.58. The fourth-order valence-electron chi connectivity index (χ4n) is 5.23. The van der Waals surface area contributed by atoms with Crippen LogP contribution in [0.15, 0.2) is 46.6 Å². The third-order valence-electron chi connectivity index (χ3n) is 7.24. The van der Waals surface area contributed by atoms with Gasteiger partial charge in [0.15, 0.2) is 10.8 Å². The van der Waals surface area contributed by atoms with E-state index in [2.05, 4.69) is 19.9 Å². The molecule has 1 aromatic carbocycles. The molecule has 40 heavy (non-hydrogen) atoms. The maximum Gasteiger partial charge on any atom is 0.443 e. The number of alkyl halides is 3. The molecule has 5 rings (SSSR count). The van der Waals surface area contributed by atoms with E-state index < -0.39 is 28.7 Å². The highest BCUT2D eigenvalue weighted by molar-refractivity contribution is 7.09.